The van der Waals surface area contributed by atoms with E-state index in [0.717, 1.165) is 11.9 Å². The van der Waals surface area contributed by atoms with Crippen LogP contribution in [0.5, 0.6) is 0 Å². The average molecular weight is 294 g/mol. The molecule has 5 nitrogen and oxygen atoms in total. The fraction of sp³-hybridized carbons (Fsp3) is 0.273. The number of hydrogen-bond donors (Lipinski definition) is 2. The van der Waals surface area contributed by atoms with Gasteiger partial charge in [0.1, 0.15) is 5.69 Å². The van der Waals surface area contributed by atoms with Gasteiger partial charge in [0.05, 0.1) is 6.42 Å². The zero-order valence-corrected chi connectivity index (χ0v) is 10.2. The van der Waals surface area contributed by atoms with E-state index < -0.39 is 47.4 Å². The van der Waals surface area contributed by atoms with Crippen LogP contribution >= 0.6 is 0 Å². The number of aliphatic carboxylic acids is 1. The quantitative estimate of drug-likeness (QED) is 0.660. The minimum absolute atomic E-state index is 0.00840. The number of nitrogens with zero attached hydrogens (tertiary/aromatic N) is 1. The van der Waals surface area contributed by atoms with Crippen molar-refractivity contribution >= 4 is 17.7 Å². The number of carboxylic acid groups (broad SMARTS) is 1. The third kappa shape index (κ3) is 3.59. The molecule has 0 aliphatic carbocycles. The largest absolute Gasteiger partial charge is 0.481 e. The van der Waals surface area contributed by atoms with Gasteiger partial charge in [0.15, 0.2) is 23.3 Å². The van der Waals surface area contributed by atoms with Crippen molar-refractivity contribution in [3.63, 3.8) is 0 Å². The lowest BCUT2D eigenvalue weighted by atomic mass is 10.2. The van der Waals surface area contributed by atoms with Crippen LogP contribution in [0.4, 0.5) is 28.0 Å². The summed E-state index contributed by atoms with van der Waals surface area (Å²) in [5, 5.41) is 10.1. The molecule has 0 aliphatic heterocycles. The van der Waals surface area contributed by atoms with Gasteiger partial charge in [0, 0.05) is 19.7 Å². The third-order valence-corrected chi connectivity index (χ3v) is 2.35. The van der Waals surface area contributed by atoms with Crippen LogP contribution in [-0.2, 0) is 4.79 Å². The number of rotatable bonds is 4. The number of nitrogens with one attached hydrogen (secondary N) is 1. The SMILES string of the molecule is CN(CCC(=O)O)C(=O)Nc1c(F)c(F)cc(F)c1F. The first kappa shape index (κ1) is 15.7. The van der Waals surface area contributed by atoms with E-state index in [1.54, 1.807) is 5.32 Å². The number of anilines is 1. The first-order valence-electron chi connectivity index (χ1n) is 5.31. The Balaban J connectivity index is 2.88. The molecule has 0 aromatic heterocycles. The molecule has 1 aromatic rings. The van der Waals surface area contributed by atoms with Crippen LogP contribution in [0.2, 0.25) is 0 Å². The number of benzene rings is 1. The molecule has 9 heteroatoms. The molecule has 20 heavy (non-hydrogen) atoms. The summed E-state index contributed by atoms with van der Waals surface area (Å²) in [6.45, 7) is -0.248. The van der Waals surface area contributed by atoms with Crippen molar-refractivity contribution in [1.82, 2.24) is 4.90 Å². The number of hydrogen-bond acceptors (Lipinski definition) is 2. The maximum Gasteiger partial charge on any atom is 0.321 e. The molecule has 1 aromatic carbocycles. The Morgan fingerprint density at radius 1 is 1.20 bits per heavy atom. The van der Waals surface area contributed by atoms with Crippen LogP contribution in [0.25, 0.3) is 0 Å². The van der Waals surface area contributed by atoms with Gasteiger partial charge in [0.2, 0.25) is 0 Å². The minimum atomic E-state index is -1.75. The highest BCUT2D eigenvalue weighted by Crippen LogP contribution is 2.24. The van der Waals surface area contributed by atoms with Gasteiger partial charge < -0.3 is 15.3 Å². The zero-order valence-electron chi connectivity index (χ0n) is 10.2. The molecule has 0 spiro atoms. The molecule has 1 rings (SSSR count). The van der Waals surface area contributed by atoms with Crippen molar-refractivity contribution in [2.24, 2.45) is 0 Å². The van der Waals surface area contributed by atoms with E-state index >= 15 is 0 Å². The molecule has 2 N–H and O–H groups in total. The second-order valence-electron chi connectivity index (χ2n) is 3.84. The predicted molar refractivity (Wildman–Crippen MR) is 60.2 cm³/mol. The summed E-state index contributed by atoms with van der Waals surface area (Å²) in [6.07, 6.45) is -0.396. The first-order chi connectivity index (χ1) is 9.23. The topological polar surface area (TPSA) is 69.6 Å². The normalized spacial score (nSPS) is 10.2. The molecule has 2 amide bonds. The van der Waals surface area contributed by atoms with Gasteiger partial charge in [-0.2, -0.15) is 0 Å². The lowest BCUT2D eigenvalue weighted by Gasteiger charge is -2.17. The van der Waals surface area contributed by atoms with Gasteiger partial charge in [-0.1, -0.05) is 0 Å². The van der Waals surface area contributed by atoms with Gasteiger partial charge >= 0.3 is 12.0 Å². The number of halogens is 4. The molecule has 0 heterocycles. The van der Waals surface area contributed by atoms with Crippen molar-refractivity contribution in [3.8, 4) is 0 Å². The van der Waals surface area contributed by atoms with Gasteiger partial charge in [-0.25, -0.2) is 22.4 Å². The average Bonchev–Trinajstić information content (AvgIpc) is 2.38. The number of carbonyl (C=O) groups is 2. The van der Waals surface area contributed by atoms with Crippen LogP contribution in [-0.4, -0.2) is 35.6 Å². The number of carbonyl (C=O) groups excluding carboxylic acids is 1. The second kappa shape index (κ2) is 6.22. The lowest BCUT2D eigenvalue weighted by Crippen LogP contribution is -2.33. The van der Waals surface area contributed by atoms with Crippen LogP contribution in [0.1, 0.15) is 6.42 Å². The van der Waals surface area contributed by atoms with Gasteiger partial charge in [-0.3, -0.25) is 4.79 Å². The van der Waals surface area contributed by atoms with Crippen molar-refractivity contribution in [2.45, 2.75) is 6.42 Å². The van der Waals surface area contributed by atoms with Gasteiger partial charge in [-0.05, 0) is 0 Å². The van der Waals surface area contributed by atoms with Crippen molar-refractivity contribution in [3.05, 3.63) is 29.3 Å². The Kier molecular flexibility index (Phi) is 4.89. The first-order valence-corrected chi connectivity index (χ1v) is 5.31. The Morgan fingerprint density at radius 2 is 1.70 bits per heavy atom. The maximum atomic E-state index is 13.3. The summed E-state index contributed by atoms with van der Waals surface area (Å²) in [5.41, 5.74) is -1.27. The zero-order chi connectivity index (χ0) is 15.4. The molecule has 0 radical (unpaired) electrons. The van der Waals surface area contributed by atoms with E-state index in [2.05, 4.69) is 0 Å². The number of carboxylic acids is 1. The van der Waals surface area contributed by atoms with E-state index in [1.807, 2.05) is 0 Å². The van der Waals surface area contributed by atoms with E-state index in [-0.39, 0.29) is 12.6 Å². The van der Waals surface area contributed by atoms with E-state index in [4.69, 9.17) is 5.11 Å². The molecular weight excluding hydrogens is 284 g/mol. The summed E-state index contributed by atoms with van der Waals surface area (Å²) in [4.78, 5) is 22.6. The van der Waals surface area contributed by atoms with Gasteiger partial charge in [-0.15, -0.1) is 0 Å². The maximum absolute atomic E-state index is 13.3. The summed E-state index contributed by atoms with van der Waals surface area (Å²) in [6, 6.07) is -1.09. The van der Waals surface area contributed by atoms with Crippen molar-refractivity contribution < 1.29 is 32.3 Å². The van der Waals surface area contributed by atoms with Crippen LogP contribution in [0, 0.1) is 23.3 Å². The highest BCUT2D eigenvalue weighted by atomic mass is 19.2. The fourth-order valence-corrected chi connectivity index (χ4v) is 1.25. The summed E-state index contributed by atoms with van der Waals surface area (Å²) >= 11 is 0. The lowest BCUT2D eigenvalue weighted by molar-refractivity contribution is -0.137. The van der Waals surface area contributed by atoms with E-state index in [1.165, 1.54) is 0 Å². The highest BCUT2D eigenvalue weighted by molar-refractivity contribution is 5.89. The molecule has 0 saturated carbocycles. The molecule has 0 saturated heterocycles. The number of amides is 2. The molecule has 110 valence electrons. The number of urea groups is 1. The smallest absolute Gasteiger partial charge is 0.321 e. The van der Waals surface area contributed by atoms with E-state index in [9.17, 15) is 27.2 Å². The summed E-state index contributed by atoms with van der Waals surface area (Å²) in [7, 11) is 1.16. The Hall–Kier alpha value is -2.32. The molecule has 0 atom stereocenters. The Bertz CT molecular complexity index is 525. The fourth-order valence-electron chi connectivity index (χ4n) is 1.25. The van der Waals surface area contributed by atoms with Crippen molar-refractivity contribution in [2.75, 3.05) is 18.9 Å². The molecule has 0 fully saturated rings. The Labute approximate surface area is 110 Å². The van der Waals surface area contributed by atoms with Gasteiger partial charge in [0.25, 0.3) is 0 Å². The molecular formula is C11H10F4N2O3. The van der Waals surface area contributed by atoms with Crippen LogP contribution < -0.4 is 5.32 Å². The minimum Gasteiger partial charge on any atom is -0.481 e. The van der Waals surface area contributed by atoms with Crippen LogP contribution in [0.3, 0.4) is 0 Å². The molecule has 0 unspecified atom stereocenters. The summed E-state index contributed by atoms with van der Waals surface area (Å²) in [5.74, 6) is -7.99. The van der Waals surface area contributed by atoms with E-state index in [0.29, 0.717) is 0 Å². The third-order valence-electron chi connectivity index (χ3n) is 2.35. The highest BCUT2D eigenvalue weighted by Gasteiger charge is 2.22. The second-order valence-corrected chi connectivity index (χ2v) is 3.84. The van der Waals surface area contributed by atoms with Crippen LogP contribution in [0.15, 0.2) is 6.07 Å². The molecule has 0 aliphatic rings. The monoisotopic (exact) mass is 294 g/mol. The molecule has 0 bridgehead atoms. The summed E-state index contributed by atoms with van der Waals surface area (Å²) < 4.78 is 52.3. The predicted octanol–water partition coefficient (Wildman–Crippen LogP) is 2.18. The Morgan fingerprint density at radius 3 is 2.15 bits per heavy atom. The van der Waals surface area contributed by atoms with Crippen molar-refractivity contribution in [1.29, 1.82) is 0 Å². The standard InChI is InChI=1S/C11H10F4N2O3/c1-17(3-2-7(18)19)11(20)16-10-8(14)5(12)4-6(13)9(10)15/h4H,2-3H2,1H3,(H,16,20)(H,18,19).